The lowest BCUT2D eigenvalue weighted by Gasteiger charge is -2.02. The first-order chi connectivity index (χ1) is 7.22. The largest absolute Gasteiger partial charge is 0.372 e. The molecule has 0 heterocycles. The van der Waals surface area contributed by atoms with Crippen LogP contribution in [0, 0.1) is 0 Å². The number of hydrogen-bond acceptors (Lipinski definition) is 3. The van der Waals surface area contributed by atoms with Gasteiger partial charge in [0.1, 0.15) is 6.61 Å². The Kier molecular flexibility index (Phi) is 5.53. The number of rotatable bonds is 6. The molecule has 0 fully saturated rings. The fourth-order valence-corrected chi connectivity index (χ4v) is 1.64. The van der Waals surface area contributed by atoms with Crippen LogP contribution >= 0.6 is 15.9 Å². The maximum Gasteiger partial charge on any atom is 0.162 e. The van der Waals surface area contributed by atoms with Crippen molar-refractivity contribution in [3.8, 4) is 0 Å². The maximum atomic E-state index is 11.4. The van der Waals surface area contributed by atoms with Gasteiger partial charge in [0.15, 0.2) is 5.78 Å². The van der Waals surface area contributed by atoms with Crippen LogP contribution in [0.3, 0.4) is 0 Å². The minimum absolute atomic E-state index is 0.0709. The van der Waals surface area contributed by atoms with Gasteiger partial charge in [0.05, 0.1) is 6.61 Å². The van der Waals surface area contributed by atoms with Gasteiger partial charge in [-0.3, -0.25) is 4.79 Å². The van der Waals surface area contributed by atoms with Gasteiger partial charge >= 0.3 is 0 Å². The van der Waals surface area contributed by atoms with Crippen LogP contribution in [0.25, 0.3) is 0 Å². The molecule has 0 aromatic heterocycles. The minimum Gasteiger partial charge on any atom is -0.372 e. The zero-order valence-electron chi connectivity index (χ0n) is 8.41. The third kappa shape index (κ3) is 5.06. The molecule has 0 amide bonds. The topological polar surface area (TPSA) is 52.3 Å². The van der Waals surface area contributed by atoms with Gasteiger partial charge < -0.3 is 10.5 Å². The van der Waals surface area contributed by atoms with Crippen LogP contribution in [0.1, 0.15) is 5.56 Å². The van der Waals surface area contributed by atoms with Gasteiger partial charge in [-0.2, -0.15) is 0 Å². The van der Waals surface area contributed by atoms with Gasteiger partial charge in [-0.25, -0.2) is 0 Å². The van der Waals surface area contributed by atoms with Gasteiger partial charge in [0, 0.05) is 17.4 Å². The summed E-state index contributed by atoms with van der Waals surface area (Å²) in [5.41, 5.74) is 6.24. The average Bonchev–Trinajstić information content (AvgIpc) is 2.18. The molecule has 0 saturated heterocycles. The van der Waals surface area contributed by atoms with Crippen LogP contribution in [0.5, 0.6) is 0 Å². The van der Waals surface area contributed by atoms with Crippen molar-refractivity contribution >= 4 is 21.7 Å². The van der Waals surface area contributed by atoms with Crippen LogP contribution in [0.2, 0.25) is 0 Å². The van der Waals surface area contributed by atoms with Crippen LogP contribution in [0.4, 0.5) is 0 Å². The van der Waals surface area contributed by atoms with Crippen molar-refractivity contribution < 1.29 is 9.53 Å². The lowest BCUT2D eigenvalue weighted by Crippen LogP contribution is -2.16. The molecule has 1 aromatic carbocycles. The number of carbonyl (C=O) groups is 1. The highest BCUT2D eigenvalue weighted by atomic mass is 79.9. The molecule has 3 nitrogen and oxygen atoms in total. The molecule has 15 heavy (non-hydrogen) atoms. The molecule has 1 aromatic rings. The van der Waals surface area contributed by atoms with Crippen molar-refractivity contribution in [1.29, 1.82) is 0 Å². The Bertz CT molecular complexity index is 328. The SMILES string of the molecule is NCCOCC(=O)Cc1cccc(Br)c1. The van der Waals surface area contributed by atoms with E-state index >= 15 is 0 Å². The van der Waals surface area contributed by atoms with Gasteiger partial charge in [0.2, 0.25) is 0 Å². The van der Waals surface area contributed by atoms with E-state index in [1.807, 2.05) is 24.3 Å². The Hall–Kier alpha value is -0.710. The second-order valence-electron chi connectivity index (χ2n) is 3.19. The summed E-state index contributed by atoms with van der Waals surface area (Å²) in [7, 11) is 0. The highest BCUT2D eigenvalue weighted by Crippen LogP contribution is 2.12. The third-order valence-electron chi connectivity index (χ3n) is 1.82. The number of halogens is 1. The van der Waals surface area contributed by atoms with Crippen LogP contribution in [0.15, 0.2) is 28.7 Å². The van der Waals surface area contributed by atoms with E-state index in [0.717, 1.165) is 10.0 Å². The Morgan fingerprint density at radius 2 is 2.27 bits per heavy atom. The molecule has 82 valence electrons. The summed E-state index contributed by atoms with van der Waals surface area (Å²) in [5.74, 6) is 0.0709. The van der Waals surface area contributed by atoms with Crippen molar-refractivity contribution in [1.82, 2.24) is 0 Å². The zero-order valence-corrected chi connectivity index (χ0v) is 10.00. The molecule has 0 radical (unpaired) electrons. The minimum atomic E-state index is 0.0709. The van der Waals surface area contributed by atoms with Gasteiger partial charge in [-0.1, -0.05) is 28.1 Å². The van der Waals surface area contributed by atoms with E-state index in [4.69, 9.17) is 10.5 Å². The van der Waals surface area contributed by atoms with Crippen molar-refractivity contribution in [2.45, 2.75) is 6.42 Å². The van der Waals surface area contributed by atoms with Gasteiger partial charge in [-0.05, 0) is 17.7 Å². The van der Waals surface area contributed by atoms with Crippen molar-refractivity contribution in [2.24, 2.45) is 5.73 Å². The molecule has 0 aliphatic rings. The first-order valence-electron chi connectivity index (χ1n) is 4.76. The van der Waals surface area contributed by atoms with Crippen LogP contribution in [-0.4, -0.2) is 25.5 Å². The van der Waals surface area contributed by atoms with Crippen LogP contribution in [-0.2, 0) is 16.0 Å². The quantitative estimate of drug-likeness (QED) is 0.799. The summed E-state index contributed by atoms with van der Waals surface area (Å²) < 4.78 is 6.04. The highest BCUT2D eigenvalue weighted by molar-refractivity contribution is 9.10. The third-order valence-corrected chi connectivity index (χ3v) is 2.31. The van der Waals surface area contributed by atoms with Crippen molar-refractivity contribution in [3.05, 3.63) is 34.3 Å². The first-order valence-corrected chi connectivity index (χ1v) is 5.55. The number of ether oxygens (including phenoxy) is 1. The Morgan fingerprint density at radius 3 is 2.93 bits per heavy atom. The predicted octanol–water partition coefficient (Wildman–Crippen LogP) is 1.54. The maximum absolute atomic E-state index is 11.4. The average molecular weight is 272 g/mol. The fourth-order valence-electron chi connectivity index (χ4n) is 1.19. The number of carbonyl (C=O) groups excluding carboxylic acids is 1. The molecule has 0 saturated carbocycles. The van der Waals surface area contributed by atoms with E-state index in [9.17, 15) is 4.79 Å². The molecular weight excluding hydrogens is 258 g/mol. The Morgan fingerprint density at radius 1 is 1.47 bits per heavy atom. The second-order valence-corrected chi connectivity index (χ2v) is 4.10. The molecule has 0 spiro atoms. The Labute approximate surface area is 97.7 Å². The molecule has 0 aliphatic heterocycles. The lowest BCUT2D eigenvalue weighted by atomic mass is 10.1. The smallest absolute Gasteiger partial charge is 0.162 e. The summed E-state index contributed by atoms with van der Waals surface area (Å²) in [5, 5.41) is 0. The number of hydrogen-bond donors (Lipinski definition) is 1. The van der Waals surface area contributed by atoms with E-state index in [0.29, 0.717) is 19.6 Å². The summed E-state index contributed by atoms with van der Waals surface area (Å²) in [4.78, 5) is 11.4. The van der Waals surface area contributed by atoms with E-state index in [2.05, 4.69) is 15.9 Å². The second kappa shape index (κ2) is 6.71. The fraction of sp³-hybridized carbons (Fsp3) is 0.364. The molecule has 0 bridgehead atoms. The number of nitrogens with two attached hydrogens (primary N) is 1. The summed E-state index contributed by atoms with van der Waals surface area (Å²) in [6.45, 7) is 1.03. The molecule has 0 unspecified atom stereocenters. The molecular formula is C11H14BrNO2. The van der Waals surface area contributed by atoms with E-state index in [1.54, 1.807) is 0 Å². The van der Waals surface area contributed by atoms with E-state index in [-0.39, 0.29) is 12.4 Å². The summed E-state index contributed by atoms with van der Waals surface area (Å²) >= 11 is 3.36. The molecule has 4 heteroatoms. The Balaban J connectivity index is 2.37. The summed E-state index contributed by atoms with van der Waals surface area (Å²) in [6.07, 6.45) is 0.407. The lowest BCUT2D eigenvalue weighted by molar-refractivity contribution is -0.122. The predicted molar refractivity (Wildman–Crippen MR) is 62.7 cm³/mol. The van der Waals surface area contributed by atoms with Gasteiger partial charge in [0.25, 0.3) is 0 Å². The molecule has 0 aliphatic carbocycles. The van der Waals surface area contributed by atoms with Crippen LogP contribution < -0.4 is 5.73 Å². The normalized spacial score (nSPS) is 10.3. The number of ketones is 1. The monoisotopic (exact) mass is 271 g/mol. The number of benzene rings is 1. The highest BCUT2D eigenvalue weighted by Gasteiger charge is 2.03. The first kappa shape index (κ1) is 12.4. The van der Waals surface area contributed by atoms with E-state index < -0.39 is 0 Å². The molecule has 2 N–H and O–H groups in total. The van der Waals surface area contributed by atoms with Gasteiger partial charge in [-0.15, -0.1) is 0 Å². The number of Topliss-reactive ketones (excluding diaryl/α,β-unsaturated/α-hetero) is 1. The molecule has 1 rings (SSSR count). The standard InChI is InChI=1S/C11H14BrNO2/c12-10-3-1-2-9(6-10)7-11(14)8-15-5-4-13/h1-3,6H,4-5,7-8,13H2. The zero-order chi connectivity index (χ0) is 11.1. The van der Waals surface area contributed by atoms with Crippen molar-refractivity contribution in [3.63, 3.8) is 0 Å². The summed E-state index contributed by atoms with van der Waals surface area (Å²) in [6, 6.07) is 7.69. The van der Waals surface area contributed by atoms with E-state index in [1.165, 1.54) is 0 Å². The molecule has 0 atom stereocenters. The van der Waals surface area contributed by atoms with Crippen molar-refractivity contribution in [2.75, 3.05) is 19.8 Å².